The summed E-state index contributed by atoms with van der Waals surface area (Å²) in [6.45, 7) is 7.49. The molecule has 21 heavy (non-hydrogen) atoms. The lowest BCUT2D eigenvalue weighted by molar-refractivity contribution is 0.536. The highest BCUT2D eigenvalue weighted by Gasteiger charge is 2.13. The monoisotopic (exact) mass is 298 g/mol. The van der Waals surface area contributed by atoms with Gasteiger partial charge in [0.2, 0.25) is 0 Å². The second-order valence-electron chi connectivity index (χ2n) is 5.94. The molecule has 0 unspecified atom stereocenters. The maximum Gasteiger partial charge on any atom is 0.141 e. The van der Waals surface area contributed by atoms with E-state index >= 15 is 0 Å². The topological polar surface area (TPSA) is 17.8 Å². The molecule has 2 aromatic carbocycles. The Hall–Kier alpha value is -1.80. The van der Waals surface area contributed by atoms with Crippen molar-refractivity contribution >= 4 is 22.6 Å². The Labute approximate surface area is 130 Å². The van der Waals surface area contributed by atoms with Gasteiger partial charge in [-0.2, -0.15) is 0 Å². The number of rotatable bonds is 3. The number of nitrogens with zero attached hydrogens (tertiary/aromatic N) is 2. The van der Waals surface area contributed by atoms with E-state index in [2.05, 4.69) is 55.7 Å². The van der Waals surface area contributed by atoms with Crippen LogP contribution >= 0.6 is 11.6 Å². The molecule has 0 saturated carbocycles. The normalized spacial score (nSPS) is 11.5. The summed E-state index contributed by atoms with van der Waals surface area (Å²) in [5.74, 6) is 1.57. The minimum Gasteiger partial charge on any atom is -0.324 e. The highest BCUT2D eigenvalue weighted by Crippen LogP contribution is 2.27. The molecule has 0 N–H and O–H groups in total. The van der Waals surface area contributed by atoms with Crippen LogP contribution in [0.25, 0.3) is 22.4 Å². The van der Waals surface area contributed by atoms with E-state index in [1.807, 2.05) is 12.1 Å². The summed E-state index contributed by atoms with van der Waals surface area (Å²) >= 11 is 6.10. The minimum absolute atomic E-state index is 0.558. The van der Waals surface area contributed by atoms with Crippen molar-refractivity contribution in [3.05, 3.63) is 53.1 Å². The van der Waals surface area contributed by atoms with Gasteiger partial charge in [0.25, 0.3) is 0 Å². The van der Waals surface area contributed by atoms with Gasteiger partial charge in [-0.3, -0.25) is 0 Å². The third-order valence-electron chi connectivity index (χ3n) is 3.57. The van der Waals surface area contributed by atoms with E-state index < -0.39 is 0 Å². The van der Waals surface area contributed by atoms with E-state index in [0.29, 0.717) is 5.92 Å². The van der Waals surface area contributed by atoms with Crippen molar-refractivity contribution in [1.82, 2.24) is 9.55 Å². The zero-order valence-corrected chi connectivity index (χ0v) is 13.4. The van der Waals surface area contributed by atoms with E-state index in [0.717, 1.165) is 34.0 Å². The largest absolute Gasteiger partial charge is 0.324 e. The Kier molecular flexibility index (Phi) is 3.73. The van der Waals surface area contributed by atoms with Crippen LogP contribution in [0.4, 0.5) is 0 Å². The van der Waals surface area contributed by atoms with Crippen molar-refractivity contribution in [2.75, 3.05) is 0 Å². The van der Waals surface area contributed by atoms with Crippen LogP contribution < -0.4 is 0 Å². The summed E-state index contributed by atoms with van der Waals surface area (Å²) in [7, 11) is 0. The molecule has 1 heterocycles. The smallest absolute Gasteiger partial charge is 0.141 e. The molecule has 0 spiro atoms. The van der Waals surface area contributed by atoms with Crippen LogP contribution in [-0.2, 0) is 6.54 Å². The molecule has 0 bridgehead atoms. The highest BCUT2D eigenvalue weighted by molar-refractivity contribution is 6.31. The molecule has 0 atom stereocenters. The standard InChI is InChI=1S/C18H19ClN2/c1-12(2)11-21-17-9-8-15(19)10-16(17)20-18(21)14-6-4-13(3)5-7-14/h4-10,12H,11H2,1-3H3. The first-order chi connectivity index (χ1) is 10.0. The predicted octanol–water partition coefficient (Wildman–Crippen LogP) is 5.32. The maximum absolute atomic E-state index is 6.10. The first kappa shape index (κ1) is 14.2. The van der Waals surface area contributed by atoms with Crippen molar-refractivity contribution < 1.29 is 0 Å². The van der Waals surface area contributed by atoms with E-state index in [-0.39, 0.29) is 0 Å². The quantitative estimate of drug-likeness (QED) is 0.640. The molecule has 0 fully saturated rings. The van der Waals surface area contributed by atoms with Crippen molar-refractivity contribution in [2.24, 2.45) is 5.92 Å². The summed E-state index contributed by atoms with van der Waals surface area (Å²) < 4.78 is 2.29. The van der Waals surface area contributed by atoms with E-state index in [4.69, 9.17) is 16.6 Å². The van der Waals surface area contributed by atoms with Crippen molar-refractivity contribution in [3.8, 4) is 11.4 Å². The zero-order valence-electron chi connectivity index (χ0n) is 12.6. The minimum atomic E-state index is 0.558. The highest BCUT2D eigenvalue weighted by atomic mass is 35.5. The lowest BCUT2D eigenvalue weighted by atomic mass is 10.1. The predicted molar refractivity (Wildman–Crippen MR) is 89.8 cm³/mol. The Morgan fingerprint density at radius 2 is 1.81 bits per heavy atom. The third kappa shape index (κ3) is 2.81. The number of hydrogen-bond acceptors (Lipinski definition) is 1. The Balaban J connectivity index is 2.22. The summed E-state index contributed by atoms with van der Waals surface area (Å²) in [5.41, 5.74) is 4.50. The molecule has 0 radical (unpaired) electrons. The van der Waals surface area contributed by atoms with Crippen molar-refractivity contribution in [3.63, 3.8) is 0 Å². The van der Waals surface area contributed by atoms with Crippen LogP contribution in [0, 0.1) is 12.8 Å². The number of benzene rings is 2. The third-order valence-corrected chi connectivity index (χ3v) is 3.80. The van der Waals surface area contributed by atoms with E-state index in [1.165, 1.54) is 5.56 Å². The van der Waals surface area contributed by atoms with Gasteiger partial charge >= 0.3 is 0 Å². The van der Waals surface area contributed by atoms with Gasteiger partial charge in [-0.25, -0.2) is 4.98 Å². The molecule has 0 aliphatic carbocycles. The molecule has 2 nitrogen and oxygen atoms in total. The zero-order chi connectivity index (χ0) is 15.0. The number of halogens is 1. The Bertz CT molecular complexity index is 770. The van der Waals surface area contributed by atoms with Gasteiger partial charge < -0.3 is 4.57 Å². The van der Waals surface area contributed by atoms with Gasteiger partial charge in [0, 0.05) is 17.1 Å². The van der Waals surface area contributed by atoms with Crippen LogP contribution in [-0.4, -0.2) is 9.55 Å². The molecule has 0 amide bonds. The van der Waals surface area contributed by atoms with Crippen LogP contribution in [0.3, 0.4) is 0 Å². The first-order valence-corrected chi connectivity index (χ1v) is 7.65. The lowest BCUT2D eigenvalue weighted by Crippen LogP contribution is -2.06. The number of imidazole rings is 1. The molecule has 108 valence electrons. The summed E-state index contributed by atoms with van der Waals surface area (Å²) in [4.78, 5) is 4.80. The van der Waals surface area contributed by atoms with Crippen LogP contribution in [0.15, 0.2) is 42.5 Å². The van der Waals surface area contributed by atoms with E-state index in [1.54, 1.807) is 0 Å². The molecule has 1 aromatic heterocycles. The molecular formula is C18H19ClN2. The van der Waals surface area contributed by atoms with E-state index in [9.17, 15) is 0 Å². The summed E-state index contributed by atoms with van der Waals surface area (Å²) in [6, 6.07) is 14.4. The second-order valence-corrected chi connectivity index (χ2v) is 6.38. The van der Waals surface area contributed by atoms with Gasteiger partial charge in [-0.1, -0.05) is 55.3 Å². The number of hydrogen-bond donors (Lipinski definition) is 0. The van der Waals surface area contributed by atoms with Crippen molar-refractivity contribution in [2.45, 2.75) is 27.3 Å². The molecular weight excluding hydrogens is 280 g/mol. The number of aryl methyl sites for hydroxylation is 1. The fraction of sp³-hybridized carbons (Fsp3) is 0.278. The van der Waals surface area contributed by atoms with Crippen LogP contribution in [0.1, 0.15) is 19.4 Å². The average molecular weight is 299 g/mol. The van der Waals surface area contributed by atoms with Gasteiger partial charge in [-0.05, 0) is 31.0 Å². The van der Waals surface area contributed by atoms with Gasteiger partial charge in [0.1, 0.15) is 5.82 Å². The Morgan fingerprint density at radius 1 is 1.10 bits per heavy atom. The Morgan fingerprint density at radius 3 is 2.48 bits per heavy atom. The van der Waals surface area contributed by atoms with Gasteiger partial charge in [0.05, 0.1) is 11.0 Å². The lowest BCUT2D eigenvalue weighted by Gasteiger charge is -2.12. The first-order valence-electron chi connectivity index (χ1n) is 7.27. The maximum atomic E-state index is 6.10. The molecule has 0 saturated heterocycles. The number of fused-ring (bicyclic) bond motifs is 1. The van der Waals surface area contributed by atoms with Crippen LogP contribution in [0.2, 0.25) is 5.02 Å². The summed E-state index contributed by atoms with van der Waals surface area (Å²) in [5, 5.41) is 0.729. The van der Waals surface area contributed by atoms with Gasteiger partial charge in [-0.15, -0.1) is 0 Å². The molecule has 3 rings (SSSR count). The fourth-order valence-corrected chi connectivity index (χ4v) is 2.74. The average Bonchev–Trinajstić information content (AvgIpc) is 2.77. The fourth-order valence-electron chi connectivity index (χ4n) is 2.58. The molecule has 0 aliphatic rings. The summed E-state index contributed by atoms with van der Waals surface area (Å²) in [6.07, 6.45) is 0. The van der Waals surface area contributed by atoms with Crippen LogP contribution in [0.5, 0.6) is 0 Å². The van der Waals surface area contributed by atoms with Crippen molar-refractivity contribution in [1.29, 1.82) is 0 Å². The second kappa shape index (κ2) is 5.53. The SMILES string of the molecule is Cc1ccc(-c2nc3cc(Cl)ccc3n2CC(C)C)cc1. The number of aromatic nitrogens is 2. The molecule has 3 heteroatoms. The van der Waals surface area contributed by atoms with Gasteiger partial charge in [0.15, 0.2) is 0 Å². The molecule has 3 aromatic rings. The molecule has 0 aliphatic heterocycles.